The van der Waals surface area contributed by atoms with Gasteiger partial charge in [0.25, 0.3) is 5.91 Å². The Morgan fingerprint density at radius 1 is 1.21 bits per heavy atom. The number of aromatic hydroxyl groups is 1. The van der Waals surface area contributed by atoms with Gasteiger partial charge in [-0.2, -0.15) is 0 Å². The third-order valence-electron chi connectivity index (χ3n) is 4.05. The zero-order valence-electron chi connectivity index (χ0n) is 16.0. The Labute approximate surface area is 184 Å². The van der Waals surface area contributed by atoms with Crippen LogP contribution in [0.1, 0.15) is 25.8 Å². The van der Waals surface area contributed by atoms with Gasteiger partial charge in [-0.15, -0.1) is 0 Å². The molecule has 0 unspecified atom stereocenters. The SMILES string of the molecule is CCCN1C(=O)/C(=C\c2cc(Cl)cc(Cl)c2O)SC1=Nc1ccc(OCC)cc1. The number of amidine groups is 1. The zero-order chi connectivity index (χ0) is 21.0. The van der Waals surface area contributed by atoms with E-state index in [1.807, 2.05) is 38.1 Å². The van der Waals surface area contributed by atoms with Gasteiger partial charge in [0, 0.05) is 17.1 Å². The first-order valence-corrected chi connectivity index (χ1v) is 10.7. The highest BCUT2D eigenvalue weighted by Crippen LogP contribution is 2.38. The number of phenols is 1. The van der Waals surface area contributed by atoms with Gasteiger partial charge >= 0.3 is 0 Å². The Balaban J connectivity index is 1.94. The summed E-state index contributed by atoms with van der Waals surface area (Å²) in [5, 5.41) is 11.3. The van der Waals surface area contributed by atoms with E-state index in [9.17, 15) is 9.90 Å². The van der Waals surface area contributed by atoms with E-state index in [1.54, 1.807) is 17.0 Å². The van der Waals surface area contributed by atoms with Gasteiger partial charge in [0.1, 0.15) is 11.5 Å². The highest BCUT2D eigenvalue weighted by molar-refractivity contribution is 8.18. The summed E-state index contributed by atoms with van der Waals surface area (Å²) >= 11 is 13.3. The topological polar surface area (TPSA) is 62.1 Å². The Bertz CT molecular complexity index is 975. The predicted octanol–water partition coefficient (Wildman–Crippen LogP) is 6.11. The monoisotopic (exact) mass is 450 g/mol. The fourth-order valence-corrected chi connectivity index (χ4v) is 4.27. The number of nitrogens with zero attached hydrogens (tertiary/aromatic N) is 2. The summed E-state index contributed by atoms with van der Waals surface area (Å²) in [4.78, 5) is 19.6. The third kappa shape index (κ3) is 5.07. The lowest BCUT2D eigenvalue weighted by atomic mass is 10.2. The summed E-state index contributed by atoms with van der Waals surface area (Å²) in [6, 6.07) is 10.4. The Hall–Kier alpha value is -2.15. The van der Waals surface area contributed by atoms with Gasteiger partial charge in [-0.1, -0.05) is 30.1 Å². The van der Waals surface area contributed by atoms with Crippen LogP contribution in [0.15, 0.2) is 46.3 Å². The molecular weight excluding hydrogens is 431 g/mol. The minimum absolute atomic E-state index is 0.115. The molecule has 1 N–H and O–H groups in total. The normalized spacial score (nSPS) is 16.8. The number of phenolic OH excluding ortho intramolecular Hbond substituents is 1. The van der Waals surface area contributed by atoms with Gasteiger partial charge < -0.3 is 9.84 Å². The molecule has 1 heterocycles. The molecule has 1 aliphatic rings. The third-order valence-corrected chi connectivity index (χ3v) is 5.56. The van der Waals surface area contributed by atoms with E-state index in [0.29, 0.717) is 33.8 Å². The van der Waals surface area contributed by atoms with E-state index >= 15 is 0 Å². The van der Waals surface area contributed by atoms with Gasteiger partial charge in [-0.25, -0.2) is 4.99 Å². The number of hydrogen-bond donors (Lipinski definition) is 1. The Kier molecular flexibility index (Phi) is 7.11. The number of aliphatic imine (C=N–C) groups is 1. The van der Waals surface area contributed by atoms with Crippen molar-refractivity contribution < 1.29 is 14.6 Å². The molecule has 1 saturated heterocycles. The lowest BCUT2D eigenvalue weighted by Crippen LogP contribution is -2.29. The lowest BCUT2D eigenvalue weighted by Gasteiger charge is -2.14. The molecule has 2 aromatic carbocycles. The summed E-state index contributed by atoms with van der Waals surface area (Å²) in [7, 11) is 0. The molecule has 29 heavy (non-hydrogen) atoms. The molecule has 0 aliphatic carbocycles. The maximum Gasteiger partial charge on any atom is 0.266 e. The second kappa shape index (κ2) is 9.57. The summed E-state index contributed by atoms with van der Waals surface area (Å²) in [6.45, 7) is 5.06. The number of ether oxygens (including phenoxy) is 1. The molecule has 0 bridgehead atoms. The first-order chi connectivity index (χ1) is 13.9. The fraction of sp³-hybridized carbons (Fsp3) is 0.238. The molecule has 0 atom stereocenters. The molecule has 1 amide bonds. The van der Waals surface area contributed by atoms with Crippen molar-refractivity contribution >= 4 is 57.8 Å². The van der Waals surface area contributed by atoms with Gasteiger partial charge in [-0.3, -0.25) is 9.69 Å². The molecule has 2 aromatic rings. The molecule has 0 aromatic heterocycles. The van der Waals surface area contributed by atoms with Gasteiger partial charge in [0.05, 0.1) is 22.2 Å². The van der Waals surface area contributed by atoms with Crippen LogP contribution in [0.5, 0.6) is 11.5 Å². The summed E-state index contributed by atoms with van der Waals surface area (Å²) in [5.41, 5.74) is 1.11. The van der Waals surface area contributed by atoms with Gasteiger partial charge in [0.2, 0.25) is 0 Å². The van der Waals surface area contributed by atoms with Crippen molar-refractivity contribution in [1.29, 1.82) is 0 Å². The van der Waals surface area contributed by atoms with E-state index in [4.69, 9.17) is 27.9 Å². The standard InChI is InChI=1S/C21H20Cl2N2O3S/c1-3-9-25-20(27)18(11-13-10-14(22)12-17(23)19(13)26)29-21(25)24-15-5-7-16(8-6-15)28-4-2/h5-8,10-12,26H,3-4,9H2,1-2H3/b18-11+,24-21?. The summed E-state index contributed by atoms with van der Waals surface area (Å²) in [6.07, 6.45) is 2.37. The number of rotatable bonds is 6. The Morgan fingerprint density at radius 3 is 2.59 bits per heavy atom. The quantitative estimate of drug-likeness (QED) is 0.538. The van der Waals surface area contributed by atoms with Crippen molar-refractivity contribution in [3.05, 3.63) is 56.9 Å². The van der Waals surface area contributed by atoms with Crippen LogP contribution < -0.4 is 4.74 Å². The van der Waals surface area contributed by atoms with Crippen molar-refractivity contribution in [1.82, 2.24) is 4.90 Å². The number of benzene rings is 2. The van der Waals surface area contributed by atoms with Crippen molar-refractivity contribution in [3.63, 3.8) is 0 Å². The van der Waals surface area contributed by atoms with E-state index in [2.05, 4.69) is 4.99 Å². The summed E-state index contributed by atoms with van der Waals surface area (Å²) in [5.74, 6) is 0.485. The number of amides is 1. The number of carbonyl (C=O) groups excluding carboxylic acids is 1. The molecule has 0 saturated carbocycles. The van der Waals surface area contributed by atoms with Crippen LogP contribution in [0.2, 0.25) is 10.0 Å². The zero-order valence-corrected chi connectivity index (χ0v) is 18.3. The second-order valence-electron chi connectivity index (χ2n) is 6.21. The van der Waals surface area contributed by atoms with Crippen LogP contribution in [0.4, 0.5) is 5.69 Å². The smallest absolute Gasteiger partial charge is 0.266 e. The largest absolute Gasteiger partial charge is 0.506 e. The number of thioether (sulfide) groups is 1. The Morgan fingerprint density at radius 2 is 1.93 bits per heavy atom. The number of halogens is 2. The maximum atomic E-state index is 12.9. The molecule has 0 spiro atoms. The van der Waals surface area contributed by atoms with E-state index in [-0.39, 0.29) is 16.7 Å². The van der Waals surface area contributed by atoms with Crippen LogP contribution in [-0.2, 0) is 4.79 Å². The van der Waals surface area contributed by atoms with Crippen LogP contribution in [0.3, 0.4) is 0 Å². The van der Waals surface area contributed by atoms with E-state index in [0.717, 1.165) is 17.9 Å². The van der Waals surface area contributed by atoms with Crippen molar-refractivity contribution in [2.45, 2.75) is 20.3 Å². The highest BCUT2D eigenvalue weighted by atomic mass is 35.5. The van der Waals surface area contributed by atoms with Crippen LogP contribution in [0.25, 0.3) is 6.08 Å². The van der Waals surface area contributed by atoms with Crippen LogP contribution in [-0.4, -0.2) is 34.2 Å². The maximum absolute atomic E-state index is 12.9. The number of hydrogen-bond acceptors (Lipinski definition) is 5. The van der Waals surface area contributed by atoms with Crippen LogP contribution >= 0.6 is 35.0 Å². The molecule has 0 radical (unpaired) electrons. The molecular formula is C21H20Cl2N2O3S. The van der Waals surface area contributed by atoms with Gasteiger partial charge in [0.15, 0.2) is 5.17 Å². The minimum atomic E-state index is -0.169. The highest BCUT2D eigenvalue weighted by Gasteiger charge is 2.33. The average Bonchev–Trinajstić information content (AvgIpc) is 2.96. The first-order valence-electron chi connectivity index (χ1n) is 9.14. The lowest BCUT2D eigenvalue weighted by molar-refractivity contribution is -0.122. The molecule has 1 fully saturated rings. The molecule has 3 rings (SSSR count). The molecule has 152 valence electrons. The second-order valence-corrected chi connectivity index (χ2v) is 8.07. The van der Waals surface area contributed by atoms with Crippen LogP contribution in [0, 0.1) is 0 Å². The fourth-order valence-electron chi connectivity index (χ4n) is 2.74. The van der Waals surface area contributed by atoms with Crippen molar-refractivity contribution in [2.24, 2.45) is 4.99 Å². The number of carbonyl (C=O) groups is 1. The summed E-state index contributed by atoms with van der Waals surface area (Å²) < 4.78 is 5.45. The van der Waals surface area contributed by atoms with Crippen molar-refractivity contribution in [2.75, 3.05) is 13.2 Å². The molecule has 8 heteroatoms. The van der Waals surface area contributed by atoms with Crippen molar-refractivity contribution in [3.8, 4) is 11.5 Å². The first kappa shape index (κ1) is 21.6. The molecule has 5 nitrogen and oxygen atoms in total. The van der Waals surface area contributed by atoms with E-state index in [1.165, 1.54) is 17.8 Å². The average molecular weight is 451 g/mol. The van der Waals surface area contributed by atoms with Gasteiger partial charge in [-0.05, 0) is 67.6 Å². The molecule has 1 aliphatic heterocycles. The minimum Gasteiger partial charge on any atom is -0.506 e. The predicted molar refractivity (Wildman–Crippen MR) is 120 cm³/mol. The van der Waals surface area contributed by atoms with E-state index < -0.39 is 0 Å².